The molecule has 8 heteroatoms. The minimum atomic E-state index is -0.839. The first-order valence-electron chi connectivity index (χ1n) is 9.31. The van der Waals surface area contributed by atoms with Gasteiger partial charge in [-0.15, -0.1) is 0 Å². The van der Waals surface area contributed by atoms with Gasteiger partial charge in [0.05, 0.1) is 42.1 Å². The third-order valence-corrected chi connectivity index (χ3v) is 5.53. The summed E-state index contributed by atoms with van der Waals surface area (Å²) in [4.78, 5) is 27.4. The molecule has 0 saturated carbocycles. The lowest BCUT2D eigenvalue weighted by Crippen LogP contribution is -2.29. The number of ether oxygens (including phenoxy) is 1. The topological polar surface area (TPSA) is 80.0 Å². The van der Waals surface area contributed by atoms with E-state index in [2.05, 4.69) is 0 Å². The lowest BCUT2D eigenvalue weighted by atomic mass is 9.95. The maximum atomic E-state index is 13.1. The van der Waals surface area contributed by atoms with Crippen LogP contribution in [0.2, 0.25) is 10.0 Å². The predicted octanol–water partition coefficient (Wildman–Crippen LogP) is 5.22. The molecule has 1 atom stereocenters. The summed E-state index contributed by atoms with van der Waals surface area (Å²) in [6, 6.07) is 14.4. The Balaban J connectivity index is 1.93. The third-order valence-electron chi connectivity index (χ3n) is 5.03. The summed E-state index contributed by atoms with van der Waals surface area (Å²) in [6.45, 7) is 0.0569. The molecule has 1 aliphatic rings. The summed E-state index contributed by atoms with van der Waals surface area (Å²) >= 11 is 12.3. The number of rotatable bonds is 5. The molecule has 6 nitrogen and oxygen atoms in total. The first kappa shape index (κ1) is 21.0. The summed E-state index contributed by atoms with van der Waals surface area (Å²) in [5.74, 6) is -1.34. The highest BCUT2D eigenvalue weighted by Crippen LogP contribution is 2.43. The third kappa shape index (κ3) is 3.80. The molecule has 31 heavy (non-hydrogen) atoms. The Bertz CT molecular complexity index is 1170. The monoisotopic (exact) mass is 457 g/mol. The number of aliphatic hydroxyl groups is 1. The SMILES string of the molecule is COc1c(Cl)cc(Cl)cc1/C(O)=C1\C(=O)C(=O)N(Cc2ccco2)C1c1ccccc1. The second kappa shape index (κ2) is 8.49. The Morgan fingerprint density at radius 1 is 1.13 bits per heavy atom. The van der Waals surface area contributed by atoms with Crippen LogP contribution in [0.4, 0.5) is 0 Å². The van der Waals surface area contributed by atoms with Crippen molar-refractivity contribution in [1.82, 2.24) is 4.90 Å². The second-order valence-corrected chi connectivity index (χ2v) is 7.73. The average molecular weight is 458 g/mol. The lowest BCUT2D eigenvalue weighted by molar-refractivity contribution is -0.140. The molecule has 0 aliphatic carbocycles. The van der Waals surface area contributed by atoms with E-state index in [0.717, 1.165) is 0 Å². The van der Waals surface area contributed by atoms with E-state index < -0.39 is 23.5 Å². The normalized spacial score (nSPS) is 17.9. The van der Waals surface area contributed by atoms with Crippen molar-refractivity contribution in [2.75, 3.05) is 7.11 Å². The molecular weight excluding hydrogens is 441 g/mol. The Morgan fingerprint density at radius 2 is 1.87 bits per heavy atom. The Labute approximate surface area is 188 Å². The van der Waals surface area contributed by atoms with Crippen LogP contribution in [0, 0.1) is 0 Å². The van der Waals surface area contributed by atoms with E-state index in [1.165, 1.54) is 30.4 Å². The quantitative estimate of drug-likeness (QED) is 0.322. The fourth-order valence-electron chi connectivity index (χ4n) is 3.68. The molecule has 1 amide bonds. The van der Waals surface area contributed by atoms with Gasteiger partial charge >= 0.3 is 0 Å². The number of furan rings is 1. The molecule has 1 saturated heterocycles. The number of Topliss-reactive ketones (excluding diaryl/α,β-unsaturated/α-hetero) is 1. The van der Waals surface area contributed by atoms with Crippen molar-refractivity contribution < 1.29 is 23.8 Å². The van der Waals surface area contributed by atoms with E-state index in [4.69, 9.17) is 32.4 Å². The Hall–Kier alpha value is -3.22. The Kier molecular flexibility index (Phi) is 5.76. The number of carbonyl (C=O) groups is 2. The standard InChI is InChI=1S/C23H17Cl2NO5/c1-30-22-16(10-14(24)11-17(22)25)20(27)18-19(13-6-3-2-4-7-13)26(23(29)21(18)28)12-15-8-5-9-31-15/h2-11,19,27H,12H2,1H3/b20-18+. The lowest BCUT2D eigenvalue weighted by Gasteiger charge is -2.24. The minimum Gasteiger partial charge on any atom is -0.507 e. The van der Waals surface area contributed by atoms with Gasteiger partial charge in [-0.3, -0.25) is 9.59 Å². The number of carbonyl (C=O) groups excluding carboxylic acids is 2. The molecule has 2 aromatic carbocycles. The number of hydrogen-bond donors (Lipinski definition) is 1. The highest BCUT2D eigenvalue weighted by Gasteiger charge is 2.46. The summed E-state index contributed by atoms with van der Waals surface area (Å²) in [5, 5.41) is 11.6. The van der Waals surface area contributed by atoms with E-state index in [0.29, 0.717) is 11.3 Å². The number of hydrogen-bond acceptors (Lipinski definition) is 5. The van der Waals surface area contributed by atoms with E-state index in [1.54, 1.807) is 36.4 Å². The number of ketones is 1. The zero-order valence-corrected chi connectivity index (χ0v) is 17.9. The fourth-order valence-corrected chi connectivity index (χ4v) is 4.25. The van der Waals surface area contributed by atoms with E-state index in [-0.39, 0.29) is 33.5 Å². The van der Waals surface area contributed by atoms with Crippen LogP contribution < -0.4 is 4.74 Å². The Morgan fingerprint density at radius 3 is 2.52 bits per heavy atom. The minimum absolute atomic E-state index is 0.0569. The predicted molar refractivity (Wildman–Crippen MR) is 116 cm³/mol. The molecule has 1 aliphatic heterocycles. The van der Waals surface area contributed by atoms with Crippen molar-refractivity contribution in [3.63, 3.8) is 0 Å². The molecule has 158 valence electrons. The van der Waals surface area contributed by atoms with Gasteiger partial charge in [-0.25, -0.2) is 0 Å². The highest BCUT2D eigenvalue weighted by atomic mass is 35.5. The number of likely N-dealkylation sites (tertiary alicyclic amines) is 1. The molecule has 1 N–H and O–H groups in total. The van der Waals surface area contributed by atoms with Gasteiger partial charge in [0.25, 0.3) is 11.7 Å². The van der Waals surface area contributed by atoms with Crippen LogP contribution in [0.5, 0.6) is 5.75 Å². The van der Waals surface area contributed by atoms with Gasteiger partial charge in [-0.1, -0.05) is 53.5 Å². The van der Waals surface area contributed by atoms with Gasteiger partial charge in [0, 0.05) is 5.02 Å². The van der Waals surface area contributed by atoms with Crippen LogP contribution in [0.1, 0.15) is 22.9 Å². The number of aliphatic hydroxyl groups excluding tert-OH is 1. The molecule has 1 aromatic heterocycles. The first-order chi connectivity index (χ1) is 14.9. The number of benzene rings is 2. The van der Waals surface area contributed by atoms with Crippen molar-refractivity contribution in [2.45, 2.75) is 12.6 Å². The smallest absolute Gasteiger partial charge is 0.296 e. The molecule has 3 aromatic rings. The first-order valence-corrected chi connectivity index (χ1v) is 10.1. The van der Waals surface area contributed by atoms with Crippen molar-refractivity contribution in [2.24, 2.45) is 0 Å². The molecule has 0 bridgehead atoms. The molecule has 1 unspecified atom stereocenters. The fraction of sp³-hybridized carbons (Fsp3) is 0.130. The number of halogens is 2. The van der Waals surface area contributed by atoms with Gasteiger partial charge in [0.2, 0.25) is 0 Å². The molecular formula is C23H17Cl2NO5. The van der Waals surface area contributed by atoms with Crippen LogP contribution in [0.3, 0.4) is 0 Å². The maximum Gasteiger partial charge on any atom is 0.296 e. The molecule has 2 heterocycles. The largest absolute Gasteiger partial charge is 0.507 e. The van der Waals surface area contributed by atoms with Crippen LogP contribution >= 0.6 is 23.2 Å². The van der Waals surface area contributed by atoms with Crippen LogP contribution in [0.15, 0.2) is 70.9 Å². The zero-order valence-electron chi connectivity index (χ0n) is 16.3. The van der Waals surface area contributed by atoms with Gasteiger partial charge in [0.1, 0.15) is 17.3 Å². The van der Waals surface area contributed by atoms with E-state index >= 15 is 0 Å². The van der Waals surface area contributed by atoms with Crippen molar-refractivity contribution in [1.29, 1.82) is 0 Å². The van der Waals surface area contributed by atoms with E-state index in [1.807, 2.05) is 6.07 Å². The summed E-state index contributed by atoms with van der Waals surface area (Å²) < 4.78 is 10.7. The number of amides is 1. The van der Waals surface area contributed by atoms with Crippen LogP contribution in [0.25, 0.3) is 5.76 Å². The molecule has 0 spiro atoms. The summed E-state index contributed by atoms with van der Waals surface area (Å²) in [6.07, 6.45) is 1.49. The van der Waals surface area contributed by atoms with Gasteiger partial charge in [-0.05, 0) is 29.8 Å². The van der Waals surface area contributed by atoms with Crippen LogP contribution in [-0.4, -0.2) is 28.8 Å². The molecule has 4 rings (SSSR count). The van der Waals surface area contributed by atoms with E-state index in [9.17, 15) is 14.7 Å². The summed E-state index contributed by atoms with van der Waals surface area (Å²) in [5.41, 5.74) is 0.693. The van der Waals surface area contributed by atoms with Crippen molar-refractivity contribution >= 4 is 40.7 Å². The van der Waals surface area contributed by atoms with Crippen molar-refractivity contribution in [3.8, 4) is 5.75 Å². The van der Waals surface area contributed by atoms with Gasteiger partial charge in [0.15, 0.2) is 0 Å². The number of methoxy groups -OCH3 is 1. The van der Waals surface area contributed by atoms with Crippen molar-refractivity contribution in [3.05, 3.63) is 93.4 Å². The van der Waals surface area contributed by atoms with Gasteiger partial charge in [-0.2, -0.15) is 0 Å². The molecule has 0 radical (unpaired) electrons. The maximum absolute atomic E-state index is 13.1. The zero-order chi connectivity index (χ0) is 22.1. The highest BCUT2D eigenvalue weighted by molar-refractivity contribution is 6.46. The van der Waals surface area contributed by atoms with Crippen LogP contribution in [-0.2, 0) is 16.1 Å². The second-order valence-electron chi connectivity index (χ2n) is 6.89. The average Bonchev–Trinajstić information content (AvgIpc) is 3.36. The summed E-state index contributed by atoms with van der Waals surface area (Å²) in [7, 11) is 1.38. The number of nitrogens with zero attached hydrogens (tertiary/aromatic N) is 1. The molecule has 1 fully saturated rings. The van der Waals surface area contributed by atoms with Gasteiger partial charge < -0.3 is 19.2 Å².